The molecule has 0 unspecified atom stereocenters. The summed E-state index contributed by atoms with van der Waals surface area (Å²) < 4.78 is 10.4. The second-order valence-corrected chi connectivity index (χ2v) is 6.61. The highest BCUT2D eigenvalue weighted by atomic mass is 35.5. The molecule has 0 aliphatic heterocycles. The van der Waals surface area contributed by atoms with E-state index in [-0.39, 0.29) is 11.0 Å². The van der Waals surface area contributed by atoms with Crippen LogP contribution in [0.15, 0.2) is 42.5 Å². The van der Waals surface area contributed by atoms with Gasteiger partial charge in [0.05, 0.1) is 14.2 Å². The maximum Gasteiger partial charge on any atom is 0.250 e. The van der Waals surface area contributed by atoms with Gasteiger partial charge in [-0.1, -0.05) is 35.3 Å². The van der Waals surface area contributed by atoms with Gasteiger partial charge < -0.3 is 14.8 Å². The lowest BCUT2D eigenvalue weighted by Crippen LogP contribution is -2.38. The maximum atomic E-state index is 11.9. The summed E-state index contributed by atoms with van der Waals surface area (Å²) in [6.07, 6.45) is 3.06. The molecule has 0 saturated carbocycles. The number of methoxy groups -OCH3 is 2. The molecule has 0 saturated heterocycles. The highest BCUT2D eigenvalue weighted by Crippen LogP contribution is 2.32. The summed E-state index contributed by atoms with van der Waals surface area (Å²) in [5.41, 5.74) is 1.60. The smallest absolute Gasteiger partial charge is 0.250 e. The zero-order valence-electron chi connectivity index (χ0n) is 14.7. The van der Waals surface area contributed by atoms with Crippen molar-refractivity contribution in [3.8, 4) is 11.5 Å². The van der Waals surface area contributed by atoms with Gasteiger partial charge in [-0.3, -0.25) is 10.1 Å². The molecular weight excluding hydrogens is 407 g/mol. The highest BCUT2D eigenvalue weighted by Gasteiger charge is 2.10. The summed E-state index contributed by atoms with van der Waals surface area (Å²) in [6, 6.07) is 10.5. The number of amides is 1. The average molecular weight is 425 g/mol. The van der Waals surface area contributed by atoms with Crippen molar-refractivity contribution in [3.05, 3.63) is 63.6 Å². The number of hydrogen-bond acceptors (Lipinski definition) is 4. The van der Waals surface area contributed by atoms with E-state index in [1.807, 2.05) is 12.1 Å². The molecule has 0 aromatic heterocycles. The van der Waals surface area contributed by atoms with Gasteiger partial charge in [0.25, 0.3) is 0 Å². The number of carbonyl (C=O) groups excluding carboxylic acids is 1. The molecule has 8 heteroatoms. The normalized spacial score (nSPS) is 10.5. The summed E-state index contributed by atoms with van der Waals surface area (Å²) in [5.74, 6) is 0.745. The van der Waals surface area contributed by atoms with Crippen LogP contribution in [0.25, 0.3) is 6.08 Å². The van der Waals surface area contributed by atoms with Crippen molar-refractivity contribution < 1.29 is 14.3 Å². The Morgan fingerprint density at radius 2 is 1.74 bits per heavy atom. The number of ether oxygens (including phenoxy) is 2. The van der Waals surface area contributed by atoms with Crippen LogP contribution in [0, 0.1) is 0 Å². The first-order valence-corrected chi connectivity index (χ1v) is 9.02. The van der Waals surface area contributed by atoms with Crippen LogP contribution in [0.5, 0.6) is 11.5 Å². The summed E-state index contributed by atoms with van der Waals surface area (Å²) in [6.45, 7) is 0.319. The van der Waals surface area contributed by atoms with Crippen LogP contribution in [-0.4, -0.2) is 25.2 Å². The standard InChI is InChI=1S/C19H18Cl2N2O3S/c1-25-16-9-13(15(21)10-17(16)26-2)11-22-19(27)23-18(24)8-5-12-3-6-14(20)7-4-12/h3-10H,11H2,1-2H3,(H2,22,23,24,27)/b8-5+. The van der Waals surface area contributed by atoms with Crippen molar-refractivity contribution in [3.63, 3.8) is 0 Å². The second kappa shape index (κ2) is 10.2. The highest BCUT2D eigenvalue weighted by molar-refractivity contribution is 7.80. The molecule has 2 aromatic rings. The second-order valence-electron chi connectivity index (χ2n) is 5.36. The maximum absolute atomic E-state index is 11.9. The fraction of sp³-hybridized carbons (Fsp3) is 0.158. The molecule has 5 nitrogen and oxygen atoms in total. The summed E-state index contributed by atoms with van der Waals surface area (Å²) >= 11 is 17.2. The molecule has 2 rings (SSSR count). The van der Waals surface area contributed by atoms with Gasteiger partial charge in [0, 0.05) is 28.7 Å². The molecule has 0 aliphatic rings. The Bertz CT molecular complexity index is 855. The van der Waals surface area contributed by atoms with Gasteiger partial charge in [0.2, 0.25) is 5.91 Å². The van der Waals surface area contributed by atoms with Crippen molar-refractivity contribution in [2.75, 3.05) is 14.2 Å². The lowest BCUT2D eigenvalue weighted by molar-refractivity contribution is -0.115. The van der Waals surface area contributed by atoms with Crippen LogP contribution >= 0.6 is 35.4 Å². The van der Waals surface area contributed by atoms with E-state index in [4.69, 9.17) is 44.9 Å². The number of benzene rings is 2. The van der Waals surface area contributed by atoms with Crippen molar-refractivity contribution in [2.45, 2.75) is 6.54 Å². The molecule has 0 fully saturated rings. The fourth-order valence-corrected chi connectivity index (χ4v) is 2.67. The van der Waals surface area contributed by atoms with Gasteiger partial charge in [-0.2, -0.15) is 0 Å². The van der Waals surface area contributed by atoms with Crippen molar-refractivity contribution in [2.24, 2.45) is 0 Å². The minimum Gasteiger partial charge on any atom is -0.493 e. The number of thiocarbonyl (C=S) groups is 1. The first-order valence-electron chi connectivity index (χ1n) is 7.85. The van der Waals surface area contributed by atoms with E-state index < -0.39 is 0 Å². The van der Waals surface area contributed by atoms with E-state index in [9.17, 15) is 4.79 Å². The minimum absolute atomic E-state index is 0.187. The van der Waals surface area contributed by atoms with Crippen LogP contribution in [0.2, 0.25) is 10.0 Å². The Kier molecular flexibility index (Phi) is 7.91. The molecule has 0 bridgehead atoms. The summed E-state index contributed by atoms with van der Waals surface area (Å²) in [7, 11) is 3.08. The van der Waals surface area contributed by atoms with E-state index in [0.29, 0.717) is 28.1 Å². The molecule has 0 atom stereocenters. The zero-order valence-corrected chi connectivity index (χ0v) is 17.0. The topological polar surface area (TPSA) is 59.6 Å². The molecule has 142 valence electrons. The SMILES string of the molecule is COc1cc(Cl)c(CNC(=S)NC(=O)/C=C/c2ccc(Cl)cc2)cc1OC. The number of nitrogens with one attached hydrogen (secondary N) is 2. The number of carbonyl (C=O) groups is 1. The Morgan fingerprint density at radius 1 is 1.11 bits per heavy atom. The van der Waals surface area contributed by atoms with Gasteiger partial charge in [-0.15, -0.1) is 0 Å². The molecule has 1 amide bonds. The third-order valence-electron chi connectivity index (χ3n) is 3.53. The molecule has 0 radical (unpaired) electrons. The molecule has 0 heterocycles. The first kappa shape index (κ1) is 21.0. The molecular formula is C19H18Cl2N2O3S. The average Bonchev–Trinajstić information content (AvgIpc) is 2.66. The van der Waals surface area contributed by atoms with Crippen LogP contribution < -0.4 is 20.1 Å². The first-order chi connectivity index (χ1) is 12.9. The van der Waals surface area contributed by atoms with Crippen LogP contribution in [0.3, 0.4) is 0 Å². The van der Waals surface area contributed by atoms with Crippen molar-refractivity contribution >= 4 is 52.5 Å². The molecule has 27 heavy (non-hydrogen) atoms. The number of hydrogen-bond donors (Lipinski definition) is 2. The van der Waals surface area contributed by atoms with Crippen molar-refractivity contribution in [1.82, 2.24) is 10.6 Å². The Labute approximate surface area is 173 Å². The van der Waals surface area contributed by atoms with E-state index in [1.54, 1.807) is 37.5 Å². The third-order valence-corrected chi connectivity index (χ3v) is 4.38. The van der Waals surface area contributed by atoms with Gasteiger partial charge in [0.1, 0.15) is 0 Å². The Morgan fingerprint density at radius 3 is 2.37 bits per heavy atom. The van der Waals surface area contributed by atoms with Crippen LogP contribution in [0.4, 0.5) is 0 Å². The van der Waals surface area contributed by atoms with Gasteiger partial charge in [-0.25, -0.2) is 0 Å². The quantitative estimate of drug-likeness (QED) is 0.536. The lowest BCUT2D eigenvalue weighted by atomic mass is 10.2. The summed E-state index contributed by atoms with van der Waals surface area (Å²) in [4.78, 5) is 11.9. The van der Waals surface area contributed by atoms with Crippen molar-refractivity contribution in [1.29, 1.82) is 0 Å². The largest absolute Gasteiger partial charge is 0.493 e. The predicted molar refractivity (Wildman–Crippen MR) is 113 cm³/mol. The third kappa shape index (κ3) is 6.43. The van der Waals surface area contributed by atoms with E-state index >= 15 is 0 Å². The van der Waals surface area contributed by atoms with Crippen LogP contribution in [-0.2, 0) is 11.3 Å². The van der Waals surface area contributed by atoms with E-state index in [1.165, 1.54) is 13.2 Å². The Balaban J connectivity index is 1.90. The Hall–Kier alpha value is -2.28. The zero-order chi connectivity index (χ0) is 19.8. The monoisotopic (exact) mass is 424 g/mol. The molecule has 0 aliphatic carbocycles. The lowest BCUT2D eigenvalue weighted by Gasteiger charge is -2.13. The summed E-state index contributed by atoms with van der Waals surface area (Å²) in [5, 5.41) is 6.82. The van der Waals surface area contributed by atoms with Gasteiger partial charge in [-0.05, 0) is 47.6 Å². The van der Waals surface area contributed by atoms with E-state index in [2.05, 4.69) is 10.6 Å². The minimum atomic E-state index is -0.346. The molecule has 2 aromatic carbocycles. The number of halogens is 2. The van der Waals surface area contributed by atoms with E-state index in [0.717, 1.165) is 11.1 Å². The fourth-order valence-electron chi connectivity index (χ4n) is 2.15. The predicted octanol–water partition coefficient (Wildman–Crippen LogP) is 4.21. The van der Waals surface area contributed by atoms with Gasteiger partial charge in [0.15, 0.2) is 16.6 Å². The van der Waals surface area contributed by atoms with Gasteiger partial charge >= 0.3 is 0 Å². The molecule has 2 N–H and O–H groups in total. The molecule has 0 spiro atoms. The van der Waals surface area contributed by atoms with Crippen LogP contribution in [0.1, 0.15) is 11.1 Å². The number of rotatable bonds is 6.